The van der Waals surface area contributed by atoms with E-state index < -0.39 is 0 Å². The lowest BCUT2D eigenvalue weighted by molar-refractivity contribution is -0.115. The van der Waals surface area contributed by atoms with Crippen molar-refractivity contribution in [3.63, 3.8) is 0 Å². The van der Waals surface area contributed by atoms with E-state index in [4.69, 9.17) is 28.2 Å². The third-order valence-electron chi connectivity index (χ3n) is 4.99. The molecule has 31 heavy (non-hydrogen) atoms. The molecule has 1 saturated heterocycles. The van der Waals surface area contributed by atoms with Gasteiger partial charge in [-0.3, -0.25) is 10.1 Å². The van der Waals surface area contributed by atoms with Gasteiger partial charge in [-0.05, 0) is 91.8 Å². The zero-order valence-corrected chi connectivity index (χ0v) is 18.4. The van der Waals surface area contributed by atoms with Gasteiger partial charge in [0.25, 0.3) is 0 Å². The van der Waals surface area contributed by atoms with Crippen LogP contribution in [0.2, 0.25) is 5.02 Å². The molecule has 1 aromatic heterocycles. The Labute approximate surface area is 191 Å². The van der Waals surface area contributed by atoms with E-state index in [-0.39, 0.29) is 11.0 Å². The summed E-state index contributed by atoms with van der Waals surface area (Å²) in [7, 11) is 0. The van der Waals surface area contributed by atoms with E-state index in [2.05, 4.69) is 27.7 Å². The molecule has 0 bridgehead atoms. The molecule has 0 atom stereocenters. The van der Waals surface area contributed by atoms with Crippen molar-refractivity contribution >= 4 is 52.3 Å². The van der Waals surface area contributed by atoms with Gasteiger partial charge in [0.2, 0.25) is 5.91 Å². The van der Waals surface area contributed by atoms with Crippen molar-refractivity contribution in [1.82, 2.24) is 5.32 Å². The molecule has 5 nitrogen and oxygen atoms in total. The summed E-state index contributed by atoms with van der Waals surface area (Å²) < 4.78 is 5.75. The number of nitrogens with one attached hydrogen (secondary N) is 2. The Morgan fingerprint density at radius 1 is 1.00 bits per heavy atom. The summed E-state index contributed by atoms with van der Waals surface area (Å²) >= 11 is 11.2. The Hall–Kier alpha value is -3.09. The molecular weight excluding hydrogens is 430 g/mol. The molecule has 1 amide bonds. The Balaban J connectivity index is 1.28. The number of rotatable bonds is 5. The Kier molecular flexibility index (Phi) is 6.70. The van der Waals surface area contributed by atoms with Crippen LogP contribution in [0.3, 0.4) is 0 Å². The highest BCUT2D eigenvalue weighted by Crippen LogP contribution is 2.24. The average molecular weight is 452 g/mol. The number of furan rings is 1. The van der Waals surface area contributed by atoms with E-state index in [0.717, 1.165) is 24.3 Å². The quantitative estimate of drug-likeness (QED) is 0.383. The van der Waals surface area contributed by atoms with E-state index in [0.29, 0.717) is 16.5 Å². The molecule has 1 aliphatic rings. The molecule has 0 aliphatic carbocycles. The van der Waals surface area contributed by atoms with E-state index in [9.17, 15) is 4.79 Å². The van der Waals surface area contributed by atoms with E-state index >= 15 is 0 Å². The summed E-state index contributed by atoms with van der Waals surface area (Å²) in [5.41, 5.74) is 2.95. The number of anilines is 2. The molecule has 2 heterocycles. The summed E-state index contributed by atoms with van der Waals surface area (Å²) in [6.45, 7) is 2.20. The number of benzene rings is 2. The smallest absolute Gasteiger partial charge is 0.250 e. The highest BCUT2D eigenvalue weighted by atomic mass is 35.5. The lowest BCUT2D eigenvalue weighted by Gasteiger charge is -2.18. The van der Waals surface area contributed by atoms with Crippen molar-refractivity contribution in [1.29, 1.82) is 0 Å². The van der Waals surface area contributed by atoms with Crippen molar-refractivity contribution in [2.24, 2.45) is 0 Å². The molecule has 158 valence electrons. The molecule has 0 spiro atoms. The van der Waals surface area contributed by atoms with Gasteiger partial charge in [0.05, 0.1) is 0 Å². The normalized spacial score (nSPS) is 13.5. The summed E-state index contributed by atoms with van der Waals surface area (Å²) in [6.07, 6.45) is 5.46. The number of carbonyl (C=O) groups excluding carboxylic acids is 1. The maximum Gasteiger partial charge on any atom is 0.250 e. The zero-order chi connectivity index (χ0) is 21.6. The van der Waals surface area contributed by atoms with Crippen LogP contribution in [-0.2, 0) is 4.79 Å². The van der Waals surface area contributed by atoms with Crippen molar-refractivity contribution in [2.75, 3.05) is 23.3 Å². The lowest BCUT2D eigenvalue weighted by atomic mass is 10.2. The summed E-state index contributed by atoms with van der Waals surface area (Å²) in [5, 5.41) is 6.58. The number of nitrogens with zero attached hydrogens (tertiary/aromatic N) is 1. The maximum absolute atomic E-state index is 12.2. The van der Waals surface area contributed by atoms with E-state index in [1.807, 2.05) is 30.3 Å². The Morgan fingerprint density at radius 3 is 2.42 bits per heavy atom. The molecule has 3 aromatic rings. The number of halogens is 1. The molecule has 0 unspecified atom stereocenters. The van der Waals surface area contributed by atoms with Crippen LogP contribution < -0.4 is 15.5 Å². The predicted molar refractivity (Wildman–Crippen MR) is 130 cm³/mol. The van der Waals surface area contributed by atoms with Gasteiger partial charge >= 0.3 is 0 Å². The van der Waals surface area contributed by atoms with Crippen LogP contribution in [0.15, 0.2) is 71.2 Å². The second-order valence-electron chi connectivity index (χ2n) is 7.23. The number of thiocarbonyl (C=S) groups is 1. The molecule has 0 saturated carbocycles. The largest absolute Gasteiger partial charge is 0.457 e. The summed E-state index contributed by atoms with van der Waals surface area (Å²) in [6, 6.07) is 19.1. The number of hydrogen-bond donors (Lipinski definition) is 2. The van der Waals surface area contributed by atoms with Crippen LogP contribution in [0.4, 0.5) is 11.4 Å². The van der Waals surface area contributed by atoms with E-state index in [1.54, 1.807) is 24.3 Å². The molecule has 2 aromatic carbocycles. The van der Waals surface area contributed by atoms with Crippen molar-refractivity contribution in [3.05, 3.63) is 77.5 Å². The van der Waals surface area contributed by atoms with E-state index in [1.165, 1.54) is 24.6 Å². The molecule has 7 heteroatoms. The van der Waals surface area contributed by atoms with Gasteiger partial charge in [0, 0.05) is 41.1 Å². The fourth-order valence-corrected chi connectivity index (χ4v) is 3.76. The minimum Gasteiger partial charge on any atom is -0.457 e. The molecule has 0 radical (unpaired) electrons. The first-order valence-electron chi connectivity index (χ1n) is 10.1. The highest BCUT2D eigenvalue weighted by molar-refractivity contribution is 7.80. The predicted octanol–water partition coefficient (Wildman–Crippen LogP) is 5.73. The van der Waals surface area contributed by atoms with Gasteiger partial charge in [-0.2, -0.15) is 0 Å². The monoisotopic (exact) mass is 451 g/mol. The second kappa shape index (κ2) is 9.81. The topological polar surface area (TPSA) is 57.5 Å². The van der Waals surface area contributed by atoms with Gasteiger partial charge in [0.1, 0.15) is 11.5 Å². The van der Waals surface area contributed by atoms with Crippen LogP contribution >= 0.6 is 23.8 Å². The zero-order valence-electron chi connectivity index (χ0n) is 16.8. The van der Waals surface area contributed by atoms with Crippen LogP contribution in [0, 0.1) is 0 Å². The molecule has 1 fully saturated rings. The lowest BCUT2D eigenvalue weighted by Crippen LogP contribution is -2.32. The Bertz CT molecular complexity index is 1080. The number of hydrogen-bond acceptors (Lipinski definition) is 4. The first-order chi connectivity index (χ1) is 15.1. The van der Waals surface area contributed by atoms with Crippen molar-refractivity contribution in [3.8, 4) is 11.3 Å². The van der Waals surface area contributed by atoms with Gasteiger partial charge in [-0.1, -0.05) is 11.6 Å². The summed E-state index contributed by atoms with van der Waals surface area (Å²) in [5.74, 6) is 0.929. The Morgan fingerprint density at radius 2 is 1.71 bits per heavy atom. The maximum atomic E-state index is 12.2. The molecule has 2 N–H and O–H groups in total. The number of amides is 1. The van der Waals surface area contributed by atoms with Crippen LogP contribution in [0.5, 0.6) is 0 Å². The van der Waals surface area contributed by atoms with Crippen LogP contribution in [-0.4, -0.2) is 24.1 Å². The number of carbonyl (C=O) groups is 1. The SMILES string of the molecule is O=C(C=Cc1ccc(-c2ccc(Cl)cc2)o1)NC(=S)Nc1ccc(N2CCCC2)cc1. The third-order valence-corrected chi connectivity index (χ3v) is 5.44. The van der Waals surface area contributed by atoms with Crippen LogP contribution in [0.25, 0.3) is 17.4 Å². The minimum absolute atomic E-state index is 0.241. The fourth-order valence-electron chi connectivity index (χ4n) is 3.42. The molecular formula is C24H22ClN3O2S. The average Bonchev–Trinajstić information content (AvgIpc) is 3.46. The first kappa shape index (κ1) is 21.2. The van der Waals surface area contributed by atoms with Gasteiger partial charge in [-0.25, -0.2) is 0 Å². The van der Waals surface area contributed by atoms with Crippen molar-refractivity contribution < 1.29 is 9.21 Å². The second-order valence-corrected chi connectivity index (χ2v) is 8.07. The third kappa shape index (κ3) is 5.75. The van der Waals surface area contributed by atoms with Gasteiger partial charge < -0.3 is 14.6 Å². The van der Waals surface area contributed by atoms with Crippen LogP contribution in [0.1, 0.15) is 18.6 Å². The van der Waals surface area contributed by atoms with Gasteiger partial charge in [-0.15, -0.1) is 0 Å². The molecule has 1 aliphatic heterocycles. The standard InChI is InChI=1S/C24H22ClN3O2S/c25-18-5-3-17(4-6-18)22-13-11-21(30-22)12-14-23(29)27-24(31)26-19-7-9-20(10-8-19)28-15-1-2-16-28/h3-14H,1-2,15-16H2,(H2,26,27,29,31). The highest BCUT2D eigenvalue weighted by Gasteiger charge is 2.12. The van der Waals surface area contributed by atoms with Gasteiger partial charge in [0.15, 0.2) is 5.11 Å². The van der Waals surface area contributed by atoms with Crippen molar-refractivity contribution in [2.45, 2.75) is 12.8 Å². The minimum atomic E-state index is -0.337. The fraction of sp³-hybridized carbons (Fsp3) is 0.167. The first-order valence-corrected chi connectivity index (χ1v) is 10.9. The molecule has 4 rings (SSSR count). The summed E-state index contributed by atoms with van der Waals surface area (Å²) in [4.78, 5) is 14.5.